The van der Waals surface area contributed by atoms with Crippen LogP contribution in [0.25, 0.3) is 0 Å². The molecule has 0 spiro atoms. The maximum Gasteiger partial charge on any atom is 0.0362 e. The van der Waals surface area contributed by atoms with Crippen molar-refractivity contribution < 1.29 is 0 Å². The molecule has 0 aliphatic heterocycles. The van der Waals surface area contributed by atoms with Crippen molar-refractivity contribution >= 4 is 15.9 Å². The van der Waals surface area contributed by atoms with Gasteiger partial charge in [-0.1, -0.05) is 46.8 Å². The third-order valence-corrected chi connectivity index (χ3v) is 1.53. The smallest absolute Gasteiger partial charge is 0.0362 e. The summed E-state index contributed by atoms with van der Waals surface area (Å²) in [6.45, 7) is 7.18. The lowest BCUT2D eigenvalue weighted by Crippen LogP contribution is -1.86. The minimum atomic E-state index is 0.410. The highest BCUT2D eigenvalue weighted by Gasteiger charge is 1.91. The highest BCUT2D eigenvalue weighted by molar-refractivity contribution is 9.09. The molecule has 9 heavy (non-hydrogen) atoms. The first-order valence-electron chi connectivity index (χ1n) is 2.85. The summed E-state index contributed by atoms with van der Waals surface area (Å²) in [5.41, 5.74) is 0. The minimum Gasteiger partial charge on any atom is -0.103 e. The average Bonchev–Trinajstić information content (AvgIpc) is 1.85. The minimum absolute atomic E-state index is 0.410. The first-order valence-corrected chi connectivity index (χ1v) is 3.77. The molecule has 0 nitrogen and oxygen atoms in total. The molecule has 50 valence electrons. The third kappa shape index (κ3) is 5.57. The molecule has 0 amide bonds. The molecule has 0 aliphatic carbocycles. The van der Waals surface area contributed by atoms with E-state index in [9.17, 15) is 0 Å². The van der Waals surface area contributed by atoms with E-state index in [1.807, 2.05) is 18.2 Å². The Morgan fingerprint density at radius 1 is 1.44 bits per heavy atom. The van der Waals surface area contributed by atoms with E-state index >= 15 is 0 Å². The average molecular weight is 187 g/mol. The molecule has 1 heteroatoms. The first kappa shape index (κ1) is 8.70. The van der Waals surface area contributed by atoms with Crippen molar-refractivity contribution in [2.45, 2.75) is 11.2 Å². The Balaban J connectivity index is 3.47. The number of halogens is 1. The molecule has 0 heterocycles. The fourth-order valence-corrected chi connectivity index (χ4v) is 0.877. The summed E-state index contributed by atoms with van der Waals surface area (Å²) in [5.74, 6) is 0. The summed E-state index contributed by atoms with van der Waals surface area (Å²) in [6, 6.07) is 0. The van der Waals surface area contributed by atoms with E-state index in [0.717, 1.165) is 6.42 Å². The van der Waals surface area contributed by atoms with Gasteiger partial charge in [0.15, 0.2) is 0 Å². The first-order chi connectivity index (χ1) is 4.31. The largest absolute Gasteiger partial charge is 0.103 e. The molecule has 1 unspecified atom stereocenters. The normalized spacial score (nSPS) is 13.4. The summed E-state index contributed by atoms with van der Waals surface area (Å²) in [7, 11) is 0. The Bertz CT molecular complexity index is 114. The van der Waals surface area contributed by atoms with Crippen LogP contribution in [0, 0.1) is 0 Å². The van der Waals surface area contributed by atoms with Crippen molar-refractivity contribution in [1.29, 1.82) is 0 Å². The molecule has 0 aromatic rings. The van der Waals surface area contributed by atoms with Gasteiger partial charge in [0.1, 0.15) is 0 Å². The maximum absolute atomic E-state index is 3.62. The molecule has 0 aromatic heterocycles. The molecule has 0 aliphatic rings. The Morgan fingerprint density at radius 3 is 2.56 bits per heavy atom. The third-order valence-electron chi connectivity index (χ3n) is 0.848. The van der Waals surface area contributed by atoms with Crippen LogP contribution in [0.3, 0.4) is 0 Å². The molecular formula is C8H11Br. The van der Waals surface area contributed by atoms with Crippen LogP contribution in [0.5, 0.6) is 0 Å². The zero-order chi connectivity index (χ0) is 7.11. The van der Waals surface area contributed by atoms with Crippen LogP contribution >= 0.6 is 15.9 Å². The Morgan fingerprint density at radius 2 is 2.11 bits per heavy atom. The van der Waals surface area contributed by atoms with Crippen LogP contribution in [-0.4, -0.2) is 4.83 Å². The second kappa shape index (κ2) is 5.83. The molecule has 0 saturated heterocycles. The van der Waals surface area contributed by atoms with Gasteiger partial charge < -0.3 is 0 Å². The molecule has 0 radical (unpaired) electrons. The molecule has 0 fully saturated rings. The van der Waals surface area contributed by atoms with Crippen molar-refractivity contribution in [3.63, 3.8) is 0 Å². The molecule has 0 rings (SSSR count). The summed E-state index contributed by atoms with van der Waals surface area (Å²) < 4.78 is 0. The lowest BCUT2D eigenvalue weighted by Gasteiger charge is -1.95. The number of alkyl halides is 1. The zero-order valence-corrected chi connectivity index (χ0v) is 6.97. The fraction of sp³-hybridized carbons (Fsp3) is 0.250. The van der Waals surface area contributed by atoms with E-state index in [0.29, 0.717) is 4.83 Å². The monoisotopic (exact) mass is 186 g/mol. The van der Waals surface area contributed by atoms with Crippen molar-refractivity contribution in [1.82, 2.24) is 0 Å². The van der Waals surface area contributed by atoms with Gasteiger partial charge in [-0.3, -0.25) is 0 Å². The molecule has 0 N–H and O–H groups in total. The summed E-state index contributed by atoms with van der Waals surface area (Å²) in [5, 5.41) is 0. The van der Waals surface area contributed by atoms with Crippen LogP contribution in [0.15, 0.2) is 37.5 Å². The van der Waals surface area contributed by atoms with Gasteiger partial charge in [0, 0.05) is 4.83 Å². The summed E-state index contributed by atoms with van der Waals surface area (Å²) >= 11 is 3.43. The Kier molecular flexibility index (Phi) is 5.64. The van der Waals surface area contributed by atoms with Crippen molar-refractivity contribution in [2.75, 3.05) is 0 Å². The van der Waals surface area contributed by atoms with Crippen molar-refractivity contribution in [2.24, 2.45) is 0 Å². The van der Waals surface area contributed by atoms with Gasteiger partial charge >= 0.3 is 0 Å². The van der Waals surface area contributed by atoms with E-state index < -0.39 is 0 Å². The van der Waals surface area contributed by atoms with Gasteiger partial charge in [0.05, 0.1) is 0 Å². The fourth-order valence-electron chi connectivity index (χ4n) is 0.437. The van der Waals surface area contributed by atoms with E-state index in [2.05, 4.69) is 29.1 Å². The van der Waals surface area contributed by atoms with Gasteiger partial charge in [0.25, 0.3) is 0 Å². The summed E-state index contributed by atoms with van der Waals surface area (Å²) in [4.78, 5) is 0.410. The van der Waals surface area contributed by atoms with Gasteiger partial charge in [-0.05, 0) is 6.42 Å². The van der Waals surface area contributed by atoms with Crippen LogP contribution in [-0.2, 0) is 0 Å². The van der Waals surface area contributed by atoms with E-state index in [-0.39, 0.29) is 0 Å². The van der Waals surface area contributed by atoms with Crippen LogP contribution in [0.2, 0.25) is 0 Å². The number of rotatable bonds is 4. The van der Waals surface area contributed by atoms with Crippen LogP contribution < -0.4 is 0 Å². The lowest BCUT2D eigenvalue weighted by atomic mass is 10.3. The molecule has 1 atom stereocenters. The van der Waals surface area contributed by atoms with Crippen LogP contribution in [0.1, 0.15) is 6.42 Å². The number of allylic oxidation sites excluding steroid dienone is 4. The second-order valence-corrected chi connectivity index (χ2v) is 2.84. The zero-order valence-electron chi connectivity index (χ0n) is 5.39. The van der Waals surface area contributed by atoms with E-state index in [1.165, 1.54) is 0 Å². The van der Waals surface area contributed by atoms with Gasteiger partial charge in [-0.2, -0.15) is 0 Å². The number of hydrogen-bond donors (Lipinski definition) is 0. The SMILES string of the molecule is C=C/C=C/C(Br)CC=C. The van der Waals surface area contributed by atoms with Crippen LogP contribution in [0.4, 0.5) is 0 Å². The lowest BCUT2D eigenvalue weighted by molar-refractivity contribution is 1.10. The molecular weight excluding hydrogens is 176 g/mol. The molecule has 0 saturated carbocycles. The van der Waals surface area contributed by atoms with Gasteiger partial charge in [-0.15, -0.1) is 6.58 Å². The van der Waals surface area contributed by atoms with E-state index in [1.54, 1.807) is 6.08 Å². The van der Waals surface area contributed by atoms with Crippen molar-refractivity contribution in [3.8, 4) is 0 Å². The van der Waals surface area contributed by atoms with Gasteiger partial charge in [-0.25, -0.2) is 0 Å². The van der Waals surface area contributed by atoms with E-state index in [4.69, 9.17) is 0 Å². The predicted molar refractivity (Wildman–Crippen MR) is 46.9 cm³/mol. The highest BCUT2D eigenvalue weighted by atomic mass is 79.9. The second-order valence-electron chi connectivity index (χ2n) is 1.66. The highest BCUT2D eigenvalue weighted by Crippen LogP contribution is 2.06. The Hall–Kier alpha value is -0.300. The topological polar surface area (TPSA) is 0 Å². The van der Waals surface area contributed by atoms with Crippen molar-refractivity contribution in [3.05, 3.63) is 37.5 Å². The standard InChI is InChI=1S/C8H11Br/c1-3-5-7-8(9)6-4-2/h3-5,7-8H,1-2,6H2/b7-5+. The quantitative estimate of drug-likeness (QED) is 0.360. The summed E-state index contributed by atoms with van der Waals surface area (Å²) in [6.07, 6.45) is 8.56. The molecule has 0 bridgehead atoms. The van der Waals surface area contributed by atoms with Gasteiger partial charge in [0.2, 0.25) is 0 Å². The molecule has 0 aromatic carbocycles. The number of hydrogen-bond acceptors (Lipinski definition) is 0. The maximum atomic E-state index is 3.62. The predicted octanol–water partition coefficient (Wildman–Crippen LogP) is 3.07. The Labute approximate surface area is 65.1 Å².